The van der Waals surface area contributed by atoms with Crippen LogP contribution in [0.25, 0.3) is 0 Å². The Labute approximate surface area is 136 Å². The molecule has 0 bridgehead atoms. The van der Waals surface area contributed by atoms with Crippen LogP contribution in [0.1, 0.15) is 29.9 Å². The number of hydrogen-bond acceptors (Lipinski definition) is 4. The zero-order valence-electron chi connectivity index (χ0n) is 13.7. The summed E-state index contributed by atoms with van der Waals surface area (Å²) in [7, 11) is 1.67. The predicted octanol–water partition coefficient (Wildman–Crippen LogP) is 2.50. The molecule has 0 spiro atoms. The van der Waals surface area contributed by atoms with Gasteiger partial charge in [0.1, 0.15) is 12.4 Å². The molecule has 0 saturated carbocycles. The molecule has 0 radical (unpaired) electrons. The maximum absolute atomic E-state index is 12.3. The monoisotopic (exact) mass is 314 g/mol. The van der Waals surface area contributed by atoms with Gasteiger partial charge in [0.2, 0.25) is 0 Å². The average molecular weight is 314 g/mol. The highest BCUT2D eigenvalue weighted by Gasteiger charge is 2.20. The number of ether oxygens (including phenoxy) is 1. The highest BCUT2D eigenvalue weighted by molar-refractivity contribution is 5.94. The van der Waals surface area contributed by atoms with E-state index in [2.05, 4.69) is 4.98 Å². The Balaban J connectivity index is 1.95. The number of pyridine rings is 1. The van der Waals surface area contributed by atoms with Crippen molar-refractivity contribution in [2.75, 3.05) is 13.6 Å². The molecule has 0 aliphatic carbocycles. The second-order valence-electron chi connectivity index (χ2n) is 6.11. The zero-order valence-corrected chi connectivity index (χ0v) is 13.7. The van der Waals surface area contributed by atoms with Gasteiger partial charge in [-0.3, -0.25) is 9.78 Å². The highest BCUT2D eigenvalue weighted by Crippen LogP contribution is 2.15. The predicted molar refractivity (Wildman–Crippen MR) is 88.3 cm³/mol. The van der Waals surface area contributed by atoms with Gasteiger partial charge in [0, 0.05) is 25.4 Å². The number of aromatic nitrogens is 1. The lowest BCUT2D eigenvalue weighted by Gasteiger charge is -2.25. The first kappa shape index (κ1) is 17.0. The molecule has 0 aliphatic heterocycles. The van der Waals surface area contributed by atoms with E-state index in [-0.39, 0.29) is 12.5 Å². The SMILES string of the molecule is CN(CC(C)(C)O)C(=O)c1ccc(OCc2ccccn2)cc1. The number of carbonyl (C=O) groups is 1. The molecule has 5 heteroatoms. The minimum Gasteiger partial charge on any atom is -0.487 e. The van der Waals surface area contributed by atoms with E-state index in [1.54, 1.807) is 51.4 Å². The average Bonchev–Trinajstić information content (AvgIpc) is 2.52. The van der Waals surface area contributed by atoms with Crippen LogP contribution >= 0.6 is 0 Å². The lowest BCUT2D eigenvalue weighted by Crippen LogP contribution is -2.39. The van der Waals surface area contributed by atoms with Crippen LogP contribution in [0.4, 0.5) is 0 Å². The van der Waals surface area contributed by atoms with Gasteiger partial charge in [0.15, 0.2) is 0 Å². The molecule has 1 amide bonds. The second kappa shape index (κ2) is 7.24. The number of amides is 1. The normalized spacial score (nSPS) is 11.1. The Kier molecular flexibility index (Phi) is 5.34. The van der Waals surface area contributed by atoms with Crippen molar-refractivity contribution < 1.29 is 14.6 Å². The van der Waals surface area contributed by atoms with E-state index in [1.165, 1.54) is 4.90 Å². The van der Waals surface area contributed by atoms with Gasteiger partial charge in [-0.25, -0.2) is 0 Å². The fourth-order valence-corrected chi connectivity index (χ4v) is 2.21. The molecule has 0 saturated heterocycles. The Morgan fingerprint density at radius 1 is 1.22 bits per heavy atom. The number of benzene rings is 1. The molecule has 122 valence electrons. The molecular formula is C18H22N2O3. The number of aliphatic hydroxyl groups is 1. The summed E-state index contributed by atoms with van der Waals surface area (Å²) in [5, 5.41) is 9.79. The molecule has 0 atom stereocenters. The largest absolute Gasteiger partial charge is 0.487 e. The summed E-state index contributed by atoms with van der Waals surface area (Å²) in [6, 6.07) is 12.6. The molecule has 1 heterocycles. The first-order chi connectivity index (χ1) is 10.8. The van der Waals surface area contributed by atoms with Gasteiger partial charge in [-0.15, -0.1) is 0 Å². The van der Waals surface area contributed by atoms with E-state index in [9.17, 15) is 9.90 Å². The van der Waals surface area contributed by atoms with Crippen LogP contribution < -0.4 is 4.74 Å². The maximum Gasteiger partial charge on any atom is 0.253 e. The van der Waals surface area contributed by atoms with E-state index in [0.29, 0.717) is 17.9 Å². The topological polar surface area (TPSA) is 62.7 Å². The third-order valence-electron chi connectivity index (χ3n) is 3.18. The summed E-state index contributed by atoms with van der Waals surface area (Å²) in [5.41, 5.74) is 0.482. The lowest BCUT2D eigenvalue weighted by atomic mass is 10.1. The molecule has 0 fully saturated rings. The van der Waals surface area contributed by atoms with Gasteiger partial charge >= 0.3 is 0 Å². The lowest BCUT2D eigenvalue weighted by molar-refractivity contribution is 0.0368. The van der Waals surface area contributed by atoms with Crippen molar-refractivity contribution in [2.45, 2.75) is 26.1 Å². The molecule has 0 aliphatic rings. The summed E-state index contributed by atoms with van der Waals surface area (Å²) in [6.45, 7) is 3.99. The van der Waals surface area contributed by atoms with Crippen LogP contribution in [0, 0.1) is 0 Å². The van der Waals surface area contributed by atoms with Gasteiger partial charge in [0.25, 0.3) is 5.91 Å². The summed E-state index contributed by atoms with van der Waals surface area (Å²) in [6.07, 6.45) is 1.72. The van der Waals surface area contributed by atoms with Crippen molar-refractivity contribution in [1.29, 1.82) is 0 Å². The number of rotatable bonds is 6. The summed E-state index contributed by atoms with van der Waals surface area (Å²) >= 11 is 0. The molecule has 5 nitrogen and oxygen atoms in total. The van der Waals surface area contributed by atoms with Crippen LogP contribution in [0.2, 0.25) is 0 Å². The maximum atomic E-state index is 12.3. The van der Waals surface area contributed by atoms with Gasteiger partial charge in [0.05, 0.1) is 11.3 Å². The molecular weight excluding hydrogens is 292 g/mol. The first-order valence-electron chi connectivity index (χ1n) is 7.46. The standard InChI is InChI=1S/C18H22N2O3/c1-18(2,22)13-20(3)17(21)14-7-9-16(10-8-14)23-12-15-6-4-5-11-19-15/h4-11,22H,12-13H2,1-3H3. The van der Waals surface area contributed by atoms with Gasteiger partial charge in [-0.1, -0.05) is 6.07 Å². The minimum atomic E-state index is -0.920. The molecule has 1 N–H and O–H groups in total. The Bertz CT molecular complexity index is 634. The van der Waals surface area contributed by atoms with Gasteiger partial charge in [-0.2, -0.15) is 0 Å². The minimum absolute atomic E-state index is 0.136. The molecule has 1 aromatic heterocycles. The van der Waals surface area contributed by atoms with E-state index >= 15 is 0 Å². The van der Waals surface area contributed by atoms with Crippen molar-refractivity contribution in [3.8, 4) is 5.75 Å². The van der Waals surface area contributed by atoms with Crippen molar-refractivity contribution in [3.05, 3.63) is 59.9 Å². The van der Waals surface area contributed by atoms with Crippen LogP contribution in [0.3, 0.4) is 0 Å². The quantitative estimate of drug-likeness (QED) is 0.890. The van der Waals surface area contributed by atoms with Crippen LogP contribution in [0.15, 0.2) is 48.7 Å². The summed E-state index contributed by atoms with van der Waals surface area (Å²) in [4.78, 5) is 18.0. The summed E-state index contributed by atoms with van der Waals surface area (Å²) in [5.74, 6) is 0.542. The van der Waals surface area contributed by atoms with E-state index in [1.807, 2.05) is 18.2 Å². The Morgan fingerprint density at radius 2 is 1.91 bits per heavy atom. The number of hydrogen-bond donors (Lipinski definition) is 1. The molecule has 0 unspecified atom stereocenters. The third kappa shape index (κ3) is 5.38. The molecule has 1 aromatic carbocycles. The van der Waals surface area contributed by atoms with Crippen LogP contribution in [0.5, 0.6) is 5.75 Å². The van der Waals surface area contributed by atoms with Crippen molar-refractivity contribution in [1.82, 2.24) is 9.88 Å². The molecule has 23 heavy (non-hydrogen) atoms. The molecule has 2 rings (SSSR count). The Hall–Kier alpha value is -2.40. The fraction of sp³-hybridized carbons (Fsp3) is 0.333. The highest BCUT2D eigenvalue weighted by atomic mass is 16.5. The van der Waals surface area contributed by atoms with E-state index in [0.717, 1.165) is 5.69 Å². The number of likely N-dealkylation sites (N-methyl/N-ethyl adjacent to an activating group) is 1. The van der Waals surface area contributed by atoms with Gasteiger partial charge in [-0.05, 0) is 50.2 Å². The van der Waals surface area contributed by atoms with E-state index < -0.39 is 5.60 Å². The third-order valence-corrected chi connectivity index (χ3v) is 3.18. The first-order valence-corrected chi connectivity index (χ1v) is 7.46. The number of carbonyl (C=O) groups excluding carboxylic acids is 1. The Morgan fingerprint density at radius 3 is 2.48 bits per heavy atom. The second-order valence-corrected chi connectivity index (χ2v) is 6.11. The molecule has 2 aromatic rings. The van der Waals surface area contributed by atoms with Gasteiger partial charge < -0.3 is 14.7 Å². The van der Waals surface area contributed by atoms with Crippen molar-refractivity contribution in [3.63, 3.8) is 0 Å². The number of nitrogens with zero attached hydrogens (tertiary/aromatic N) is 2. The smallest absolute Gasteiger partial charge is 0.253 e. The van der Waals surface area contributed by atoms with Crippen LogP contribution in [-0.4, -0.2) is 40.1 Å². The van der Waals surface area contributed by atoms with Crippen LogP contribution in [-0.2, 0) is 6.61 Å². The summed E-state index contributed by atoms with van der Waals surface area (Å²) < 4.78 is 5.64. The van der Waals surface area contributed by atoms with E-state index in [4.69, 9.17) is 4.74 Å². The van der Waals surface area contributed by atoms with Crippen molar-refractivity contribution in [2.24, 2.45) is 0 Å². The van der Waals surface area contributed by atoms with Crippen molar-refractivity contribution >= 4 is 5.91 Å². The zero-order chi connectivity index (χ0) is 16.9. The fourth-order valence-electron chi connectivity index (χ4n) is 2.21.